The Balaban J connectivity index is 1.21. The van der Waals surface area contributed by atoms with Gasteiger partial charge in [-0.15, -0.1) is 11.3 Å². The first-order valence-corrected chi connectivity index (χ1v) is 12.3. The highest BCUT2D eigenvalue weighted by atomic mass is 32.1. The number of carbonyl (C=O) groups is 1. The van der Waals surface area contributed by atoms with Gasteiger partial charge in [-0.3, -0.25) is 9.69 Å². The third kappa shape index (κ3) is 5.19. The van der Waals surface area contributed by atoms with Gasteiger partial charge in [0.2, 0.25) is 0 Å². The van der Waals surface area contributed by atoms with Crippen molar-refractivity contribution in [3.8, 4) is 0 Å². The summed E-state index contributed by atoms with van der Waals surface area (Å²) in [6.45, 7) is 7.51. The standard InChI is InChI=1S/C26H30N4OS/c1-19-25(32-24(27-19)16-20-6-3-2-4-7-20)26(31)28-22-8-5-9-23(17-22)30-14-12-29(13-15-30)18-21-10-11-21/h2-9,17,21H,10-16,18H2,1H3,(H,28,31). The molecule has 2 fully saturated rings. The molecule has 32 heavy (non-hydrogen) atoms. The van der Waals surface area contributed by atoms with Crippen LogP contribution in [0.3, 0.4) is 0 Å². The second-order valence-corrected chi connectivity index (χ2v) is 10.0. The van der Waals surface area contributed by atoms with Crippen molar-refractivity contribution in [1.29, 1.82) is 0 Å². The summed E-state index contributed by atoms with van der Waals surface area (Å²) in [6.07, 6.45) is 3.58. The fraction of sp³-hybridized carbons (Fsp3) is 0.385. The lowest BCUT2D eigenvalue weighted by atomic mass is 10.2. The normalized spacial score (nSPS) is 16.8. The van der Waals surface area contributed by atoms with Gasteiger partial charge in [0.15, 0.2) is 0 Å². The van der Waals surface area contributed by atoms with Gasteiger partial charge >= 0.3 is 0 Å². The van der Waals surface area contributed by atoms with E-state index in [1.54, 1.807) is 0 Å². The summed E-state index contributed by atoms with van der Waals surface area (Å²) >= 11 is 1.48. The Bertz CT molecular complexity index is 1070. The van der Waals surface area contributed by atoms with E-state index in [1.807, 2.05) is 37.3 Å². The average Bonchev–Trinajstić information content (AvgIpc) is 3.55. The lowest BCUT2D eigenvalue weighted by Crippen LogP contribution is -2.47. The van der Waals surface area contributed by atoms with Crippen molar-refractivity contribution < 1.29 is 4.79 Å². The van der Waals surface area contributed by atoms with E-state index in [1.165, 1.54) is 42.0 Å². The van der Waals surface area contributed by atoms with Crippen LogP contribution in [-0.4, -0.2) is 48.5 Å². The number of carbonyl (C=O) groups excluding carboxylic acids is 1. The van der Waals surface area contributed by atoms with Crippen LogP contribution in [-0.2, 0) is 6.42 Å². The molecule has 5 nitrogen and oxygen atoms in total. The maximum Gasteiger partial charge on any atom is 0.267 e. The third-order valence-electron chi connectivity index (χ3n) is 6.30. The average molecular weight is 447 g/mol. The molecular weight excluding hydrogens is 416 g/mol. The molecule has 166 valence electrons. The highest BCUT2D eigenvalue weighted by Crippen LogP contribution is 2.30. The minimum atomic E-state index is -0.0780. The summed E-state index contributed by atoms with van der Waals surface area (Å²) < 4.78 is 0. The molecule has 1 saturated heterocycles. The summed E-state index contributed by atoms with van der Waals surface area (Å²) in [7, 11) is 0. The zero-order valence-corrected chi connectivity index (χ0v) is 19.4. The van der Waals surface area contributed by atoms with Crippen molar-refractivity contribution in [1.82, 2.24) is 9.88 Å². The summed E-state index contributed by atoms with van der Waals surface area (Å²) in [6, 6.07) is 18.5. The molecule has 3 aromatic rings. The predicted molar refractivity (Wildman–Crippen MR) is 132 cm³/mol. The van der Waals surface area contributed by atoms with Gasteiger partial charge in [-0.25, -0.2) is 4.98 Å². The topological polar surface area (TPSA) is 48.5 Å². The van der Waals surface area contributed by atoms with Crippen LogP contribution in [0.2, 0.25) is 0 Å². The molecule has 1 aliphatic heterocycles. The number of hydrogen-bond acceptors (Lipinski definition) is 5. The quantitative estimate of drug-likeness (QED) is 0.565. The molecule has 6 heteroatoms. The SMILES string of the molecule is Cc1nc(Cc2ccccc2)sc1C(=O)Nc1cccc(N2CCN(CC3CC3)CC2)c1. The second-order valence-electron chi connectivity index (χ2n) is 8.92. The van der Waals surface area contributed by atoms with Crippen LogP contribution in [0.15, 0.2) is 54.6 Å². The van der Waals surface area contributed by atoms with Gasteiger partial charge in [0.25, 0.3) is 5.91 Å². The highest BCUT2D eigenvalue weighted by molar-refractivity contribution is 7.14. The summed E-state index contributed by atoms with van der Waals surface area (Å²) in [5.74, 6) is 0.870. The van der Waals surface area contributed by atoms with E-state index in [9.17, 15) is 4.79 Å². The summed E-state index contributed by atoms with van der Waals surface area (Å²) in [4.78, 5) is 23.3. The van der Waals surface area contributed by atoms with Gasteiger partial charge in [0.05, 0.1) is 10.7 Å². The molecule has 0 unspecified atom stereocenters. The van der Waals surface area contributed by atoms with Crippen LogP contribution < -0.4 is 10.2 Å². The molecule has 1 aromatic heterocycles. The van der Waals surface area contributed by atoms with Crippen molar-refractivity contribution in [3.05, 3.63) is 75.7 Å². The monoisotopic (exact) mass is 446 g/mol. The molecule has 0 radical (unpaired) electrons. The number of benzene rings is 2. The number of nitrogens with one attached hydrogen (secondary N) is 1. The van der Waals surface area contributed by atoms with Crippen LogP contribution >= 0.6 is 11.3 Å². The minimum Gasteiger partial charge on any atom is -0.369 e. The number of nitrogens with zero attached hydrogens (tertiary/aromatic N) is 3. The van der Waals surface area contributed by atoms with Crippen molar-refractivity contribution in [3.63, 3.8) is 0 Å². The Morgan fingerprint density at radius 3 is 2.59 bits per heavy atom. The number of aromatic nitrogens is 1. The minimum absolute atomic E-state index is 0.0780. The van der Waals surface area contributed by atoms with Crippen LogP contribution in [0.25, 0.3) is 0 Å². The lowest BCUT2D eigenvalue weighted by Gasteiger charge is -2.36. The van der Waals surface area contributed by atoms with E-state index in [0.717, 1.165) is 54.9 Å². The van der Waals surface area contributed by atoms with E-state index in [2.05, 4.69) is 44.4 Å². The van der Waals surface area contributed by atoms with Crippen LogP contribution in [0.5, 0.6) is 0 Å². The van der Waals surface area contributed by atoms with Crippen LogP contribution in [0.1, 0.15) is 38.8 Å². The Morgan fingerprint density at radius 1 is 1.06 bits per heavy atom. The number of piperazine rings is 1. The molecule has 1 saturated carbocycles. The van der Waals surface area contributed by atoms with Gasteiger partial charge in [-0.05, 0) is 49.4 Å². The Morgan fingerprint density at radius 2 is 1.84 bits per heavy atom. The van der Waals surface area contributed by atoms with E-state index in [4.69, 9.17) is 0 Å². The maximum atomic E-state index is 13.0. The van der Waals surface area contributed by atoms with Crippen molar-refractivity contribution in [2.45, 2.75) is 26.2 Å². The zero-order chi connectivity index (χ0) is 21.9. The summed E-state index contributed by atoms with van der Waals surface area (Å²) in [5, 5.41) is 4.06. The Kier molecular flexibility index (Phi) is 6.23. The Labute approximate surface area is 194 Å². The predicted octanol–water partition coefficient (Wildman–Crippen LogP) is 4.83. The molecular formula is C26H30N4OS. The smallest absolute Gasteiger partial charge is 0.267 e. The Hall–Kier alpha value is -2.70. The largest absolute Gasteiger partial charge is 0.369 e. The van der Waals surface area contributed by atoms with E-state index in [0.29, 0.717) is 4.88 Å². The van der Waals surface area contributed by atoms with Crippen molar-refractivity contribution in [2.24, 2.45) is 5.92 Å². The van der Waals surface area contributed by atoms with Crippen molar-refractivity contribution in [2.75, 3.05) is 42.9 Å². The molecule has 1 aliphatic carbocycles. The molecule has 0 atom stereocenters. The van der Waals surface area contributed by atoms with Gasteiger partial charge < -0.3 is 10.2 Å². The van der Waals surface area contributed by atoms with Gasteiger partial charge in [-0.2, -0.15) is 0 Å². The van der Waals surface area contributed by atoms with E-state index in [-0.39, 0.29) is 5.91 Å². The fourth-order valence-electron chi connectivity index (χ4n) is 4.33. The first-order valence-electron chi connectivity index (χ1n) is 11.5. The first-order chi connectivity index (χ1) is 15.6. The van der Waals surface area contributed by atoms with Gasteiger partial charge in [0, 0.05) is 50.5 Å². The second kappa shape index (κ2) is 9.43. The summed E-state index contributed by atoms with van der Waals surface area (Å²) in [5.41, 5.74) is 4.02. The van der Waals surface area contributed by atoms with E-state index >= 15 is 0 Å². The molecule has 2 heterocycles. The first kappa shape index (κ1) is 21.2. The molecule has 2 aromatic carbocycles. The highest BCUT2D eigenvalue weighted by Gasteiger charge is 2.26. The fourth-order valence-corrected chi connectivity index (χ4v) is 5.33. The van der Waals surface area contributed by atoms with Crippen molar-refractivity contribution >= 4 is 28.6 Å². The molecule has 1 amide bonds. The number of hydrogen-bond donors (Lipinski definition) is 1. The molecule has 0 spiro atoms. The third-order valence-corrected chi connectivity index (χ3v) is 7.46. The molecule has 1 N–H and O–H groups in total. The van der Waals surface area contributed by atoms with Crippen LogP contribution in [0, 0.1) is 12.8 Å². The van der Waals surface area contributed by atoms with E-state index < -0.39 is 0 Å². The molecule has 2 aliphatic rings. The number of anilines is 2. The van der Waals surface area contributed by atoms with Gasteiger partial charge in [0.1, 0.15) is 4.88 Å². The van der Waals surface area contributed by atoms with Crippen LogP contribution in [0.4, 0.5) is 11.4 Å². The maximum absolute atomic E-state index is 13.0. The number of thiazole rings is 1. The molecule has 5 rings (SSSR count). The molecule has 0 bridgehead atoms. The number of aryl methyl sites for hydroxylation is 1. The van der Waals surface area contributed by atoms with Gasteiger partial charge in [-0.1, -0.05) is 36.4 Å². The zero-order valence-electron chi connectivity index (χ0n) is 18.6. The number of amides is 1. The number of rotatable bonds is 7. The lowest BCUT2D eigenvalue weighted by molar-refractivity contribution is 0.103.